The Morgan fingerprint density at radius 3 is 2.53 bits per heavy atom. The lowest BCUT2D eigenvalue weighted by Crippen LogP contribution is -2.13. The lowest BCUT2D eigenvalue weighted by atomic mass is 10.1. The molecule has 0 bridgehead atoms. The summed E-state index contributed by atoms with van der Waals surface area (Å²) in [6, 6.07) is 0. The lowest BCUT2D eigenvalue weighted by molar-refractivity contribution is 0.165. The molecule has 0 saturated carbocycles. The molecule has 0 aliphatic rings. The molecule has 0 aromatic rings. The van der Waals surface area contributed by atoms with Gasteiger partial charge in [0.1, 0.15) is 6.61 Å². The van der Waals surface area contributed by atoms with Crippen LogP contribution in [0.1, 0.15) is 33.6 Å². The van der Waals surface area contributed by atoms with Crippen molar-refractivity contribution in [3.63, 3.8) is 0 Å². The van der Waals surface area contributed by atoms with Gasteiger partial charge in [0.05, 0.1) is 0 Å². The zero-order valence-electron chi connectivity index (χ0n) is 9.67. The van der Waals surface area contributed by atoms with Crippen molar-refractivity contribution in [1.82, 2.24) is 5.09 Å². The van der Waals surface area contributed by atoms with Crippen LogP contribution in [0.15, 0.2) is 23.3 Å². The van der Waals surface area contributed by atoms with E-state index in [1.54, 1.807) is 0 Å². The molecule has 0 spiro atoms. The van der Waals surface area contributed by atoms with Gasteiger partial charge in [0.15, 0.2) is 0 Å². The van der Waals surface area contributed by atoms with Gasteiger partial charge in [-0.1, -0.05) is 17.2 Å². The van der Waals surface area contributed by atoms with Gasteiger partial charge in [0.2, 0.25) is 0 Å². The Labute approximate surface area is 94.2 Å². The Morgan fingerprint density at radius 1 is 1.33 bits per heavy atom. The smallest absolute Gasteiger partial charge is 0.410 e. The fourth-order valence-corrected chi connectivity index (χ4v) is 1.08. The third kappa shape index (κ3) is 9.48. The fourth-order valence-electron chi connectivity index (χ4n) is 0.992. The van der Waals surface area contributed by atoms with Crippen LogP contribution in [0, 0.1) is 0 Å². The number of carbonyl (C=O) groups excluding carboxylic acids is 1. The number of hydrogen-bond donors (Lipinski definition) is 1. The number of nitrogens with one attached hydrogen (secondary N) is 1. The van der Waals surface area contributed by atoms with Gasteiger partial charge in [-0.05, 0) is 49.1 Å². The minimum atomic E-state index is -0.423. The monoisotopic (exact) mass is 229 g/mol. The molecule has 1 atom stereocenters. The molecule has 0 aliphatic carbocycles. The Kier molecular flexibility index (Phi) is 8.02. The summed E-state index contributed by atoms with van der Waals surface area (Å²) in [7, 11) is 2.10. The highest BCUT2D eigenvalue weighted by atomic mass is 31.0. The minimum absolute atomic E-state index is 0.334. The molecule has 0 aromatic carbocycles. The summed E-state index contributed by atoms with van der Waals surface area (Å²) in [4.78, 5) is 10.7. The summed E-state index contributed by atoms with van der Waals surface area (Å²) in [6.45, 7) is 6.55. The molecular formula is C11H20NO2P. The third-order valence-corrected chi connectivity index (χ3v) is 2.09. The largest absolute Gasteiger partial charge is 0.445 e. The predicted molar refractivity (Wildman–Crippen MR) is 66.6 cm³/mol. The Hall–Kier alpha value is -0.820. The predicted octanol–water partition coefficient (Wildman–Crippen LogP) is 3.20. The molecule has 0 rings (SSSR count). The van der Waals surface area contributed by atoms with E-state index in [0.29, 0.717) is 6.61 Å². The SMILES string of the molecule is CC(C)=CCC/C(C)=C\COC(=O)NP. The van der Waals surface area contributed by atoms with Crippen LogP contribution in [0.2, 0.25) is 0 Å². The van der Waals surface area contributed by atoms with Crippen LogP contribution in [0.3, 0.4) is 0 Å². The summed E-state index contributed by atoms with van der Waals surface area (Å²) in [5.41, 5.74) is 2.57. The number of carbonyl (C=O) groups is 1. The Bertz CT molecular complexity index is 255. The maximum atomic E-state index is 10.7. The van der Waals surface area contributed by atoms with E-state index in [1.807, 2.05) is 13.0 Å². The first-order valence-electron chi connectivity index (χ1n) is 4.98. The first kappa shape index (κ1) is 14.2. The summed E-state index contributed by atoms with van der Waals surface area (Å²) in [6.07, 6.45) is 5.76. The second-order valence-electron chi connectivity index (χ2n) is 3.61. The quantitative estimate of drug-likeness (QED) is 0.580. The molecule has 0 radical (unpaired) electrons. The van der Waals surface area contributed by atoms with Crippen LogP contribution in [0.5, 0.6) is 0 Å². The topological polar surface area (TPSA) is 38.3 Å². The van der Waals surface area contributed by atoms with Crippen molar-refractivity contribution in [2.24, 2.45) is 0 Å². The van der Waals surface area contributed by atoms with Gasteiger partial charge in [-0.15, -0.1) is 0 Å². The van der Waals surface area contributed by atoms with Crippen LogP contribution in [0.4, 0.5) is 4.79 Å². The van der Waals surface area contributed by atoms with E-state index < -0.39 is 6.09 Å². The summed E-state index contributed by atoms with van der Waals surface area (Å²) in [5, 5.41) is 2.31. The van der Waals surface area contributed by atoms with Crippen LogP contribution in [-0.4, -0.2) is 12.7 Å². The molecule has 0 aromatic heterocycles. The van der Waals surface area contributed by atoms with E-state index in [0.717, 1.165) is 12.8 Å². The lowest BCUT2D eigenvalue weighted by Gasteiger charge is -2.01. The second-order valence-corrected chi connectivity index (χ2v) is 3.90. The maximum absolute atomic E-state index is 10.7. The van der Waals surface area contributed by atoms with E-state index in [4.69, 9.17) is 4.74 Å². The van der Waals surface area contributed by atoms with Gasteiger partial charge in [-0.3, -0.25) is 0 Å². The van der Waals surface area contributed by atoms with Gasteiger partial charge < -0.3 is 9.82 Å². The first-order valence-corrected chi connectivity index (χ1v) is 5.56. The summed E-state index contributed by atoms with van der Waals surface area (Å²) in [5.74, 6) is 0. The highest BCUT2D eigenvalue weighted by molar-refractivity contribution is 7.15. The van der Waals surface area contributed by atoms with Crippen LogP contribution < -0.4 is 5.09 Å². The van der Waals surface area contributed by atoms with Crippen molar-refractivity contribution in [2.45, 2.75) is 33.6 Å². The highest BCUT2D eigenvalue weighted by Gasteiger charge is 1.94. The van der Waals surface area contributed by atoms with Gasteiger partial charge in [0, 0.05) is 0 Å². The van der Waals surface area contributed by atoms with Crippen molar-refractivity contribution in [2.75, 3.05) is 6.61 Å². The summed E-state index contributed by atoms with van der Waals surface area (Å²) < 4.78 is 4.83. The fraction of sp³-hybridized carbons (Fsp3) is 0.545. The van der Waals surface area contributed by atoms with Crippen molar-refractivity contribution < 1.29 is 9.53 Å². The zero-order valence-corrected chi connectivity index (χ0v) is 10.8. The molecular weight excluding hydrogens is 209 g/mol. The number of hydrogen-bond acceptors (Lipinski definition) is 2. The average Bonchev–Trinajstić information content (AvgIpc) is 2.17. The minimum Gasteiger partial charge on any atom is -0.445 e. The number of allylic oxidation sites excluding steroid dienone is 3. The second kappa shape index (κ2) is 8.49. The maximum Gasteiger partial charge on any atom is 0.410 e. The molecule has 0 heterocycles. The highest BCUT2D eigenvalue weighted by Crippen LogP contribution is 2.06. The molecule has 1 amide bonds. The molecule has 0 aliphatic heterocycles. The van der Waals surface area contributed by atoms with Crippen LogP contribution in [-0.2, 0) is 4.74 Å². The van der Waals surface area contributed by atoms with Crippen molar-refractivity contribution in [1.29, 1.82) is 0 Å². The molecule has 0 fully saturated rings. The van der Waals surface area contributed by atoms with E-state index in [2.05, 4.69) is 34.4 Å². The van der Waals surface area contributed by atoms with Gasteiger partial charge in [-0.2, -0.15) is 0 Å². The molecule has 1 N–H and O–H groups in total. The third-order valence-electron chi connectivity index (χ3n) is 1.86. The number of amides is 1. The van der Waals surface area contributed by atoms with Crippen LogP contribution >= 0.6 is 9.39 Å². The van der Waals surface area contributed by atoms with Crippen molar-refractivity contribution in [3.05, 3.63) is 23.3 Å². The normalized spacial score (nSPS) is 10.8. The van der Waals surface area contributed by atoms with Gasteiger partial charge >= 0.3 is 6.09 Å². The number of rotatable bonds is 5. The van der Waals surface area contributed by atoms with Gasteiger partial charge in [0.25, 0.3) is 0 Å². The molecule has 15 heavy (non-hydrogen) atoms. The summed E-state index contributed by atoms with van der Waals surface area (Å²) >= 11 is 0. The Morgan fingerprint density at radius 2 is 2.00 bits per heavy atom. The Balaban J connectivity index is 3.70. The first-order chi connectivity index (χ1) is 7.06. The standard InChI is InChI=1S/C11H20NO2P/c1-9(2)5-4-6-10(3)7-8-14-11(13)12-15/h5,7H,4,6,8,15H2,1-3H3,(H,12,13)/b10-7-. The number of ether oxygens (including phenoxy) is 1. The van der Waals surface area contributed by atoms with E-state index in [9.17, 15) is 4.79 Å². The molecule has 0 saturated heterocycles. The van der Waals surface area contributed by atoms with E-state index in [-0.39, 0.29) is 0 Å². The molecule has 4 heteroatoms. The van der Waals surface area contributed by atoms with Gasteiger partial charge in [-0.25, -0.2) is 4.79 Å². The van der Waals surface area contributed by atoms with E-state index >= 15 is 0 Å². The molecule has 1 unspecified atom stereocenters. The zero-order chi connectivity index (χ0) is 11.7. The van der Waals surface area contributed by atoms with Crippen molar-refractivity contribution in [3.8, 4) is 0 Å². The van der Waals surface area contributed by atoms with Crippen LogP contribution in [0.25, 0.3) is 0 Å². The van der Waals surface area contributed by atoms with Crippen molar-refractivity contribution >= 4 is 15.5 Å². The molecule has 86 valence electrons. The van der Waals surface area contributed by atoms with E-state index in [1.165, 1.54) is 11.1 Å². The molecule has 3 nitrogen and oxygen atoms in total. The average molecular weight is 229 g/mol.